The van der Waals surface area contributed by atoms with Gasteiger partial charge in [-0.15, -0.1) is 0 Å². The van der Waals surface area contributed by atoms with E-state index in [0.717, 1.165) is 0 Å². The molecule has 0 aromatic heterocycles. The first kappa shape index (κ1) is 14.5. The molecule has 0 fully saturated rings. The SMILES string of the molecule is CC(CO)N(C)CC(=O)c1ccc(Cl)cc1Cl. The van der Waals surface area contributed by atoms with Crippen molar-refractivity contribution in [3.05, 3.63) is 33.8 Å². The number of rotatable bonds is 5. The van der Waals surface area contributed by atoms with Crippen molar-refractivity contribution in [3.8, 4) is 0 Å². The first-order valence-corrected chi connectivity index (χ1v) is 6.00. The number of hydrogen-bond acceptors (Lipinski definition) is 3. The van der Waals surface area contributed by atoms with Crippen molar-refractivity contribution in [2.45, 2.75) is 13.0 Å². The van der Waals surface area contributed by atoms with Crippen LogP contribution in [0.4, 0.5) is 0 Å². The van der Waals surface area contributed by atoms with Gasteiger partial charge in [0.25, 0.3) is 0 Å². The van der Waals surface area contributed by atoms with Gasteiger partial charge in [0.05, 0.1) is 18.2 Å². The molecule has 1 N–H and O–H groups in total. The molecule has 0 spiro atoms. The molecule has 1 atom stereocenters. The Morgan fingerprint density at radius 2 is 2.12 bits per heavy atom. The average molecular weight is 276 g/mol. The molecule has 0 radical (unpaired) electrons. The van der Waals surface area contributed by atoms with Crippen LogP contribution in [0.3, 0.4) is 0 Å². The summed E-state index contributed by atoms with van der Waals surface area (Å²) in [5, 5.41) is 9.84. The quantitative estimate of drug-likeness (QED) is 0.840. The average Bonchev–Trinajstić information content (AvgIpc) is 2.27. The Balaban J connectivity index is 2.76. The second-order valence-corrected chi connectivity index (χ2v) is 4.84. The maximum absolute atomic E-state index is 12.0. The number of hydrogen-bond donors (Lipinski definition) is 1. The third-order valence-electron chi connectivity index (χ3n) is 2.64. The van der Waals surface area contributed by atoms with Crippen molar-refractivity contribution in [1.82, 2.24) is 4.90 Å². The van der Waals surface area contributed by atoms with E-state index < -0.39 is 0 Å². The molecule has 0 saturated carbocycles. The molecule has 1 aromatic carbocycles. The van der Waals surface area contributed by atoms with Crippen molar-refractivity contribution in [2.24, 2.45) is 0 Å². The van der Waals surface area contributed by atoms with E-state index in [1.807, 2.05) is 6.92 Å². The maximum atomic E-state index is 12.0. The summed E-state index contributed by atoms with van der Waals surface area (Å²) in [5.74, 6) is -0.0885. The molecule has 1 unspecified atom stereocenters. The van der Waals surface area contributed by atoms with Crippen molar-refractivity contribution in [3.63, 3.8) is 0 Å². The third kappa shape index (κ3) is 3.96. The van der Waals surface area contributed by atoms with Gasteiger partial charge in [0, 0.05) is 16.6 Å². The van der Waals surface area contributed by atoms with E-state index in [0.29, 0.717) is 15.6 Å². The van der Waals surface area contributed by atoms with E-state index in [-0.39, 0.29) is 25.0 Å². The summed E-state index contributed by atoms with van der Waals surface area (Å²) < 4.78 is 0. The number of carbonyl (C=O) groups is 1. The second-order valence-electron chi connectivity index (χ2n) is 3.99. The predicted molar refractivity (Wildman–Crippen MR) is 70.0 cm³/mol. The Kier molecular flexibility index (Phi) is 5.40. The molecule has 0 aliphatic carbocycles. The fourth-order valence-electron chi connectivity index (χ4n) is 1.32. The van der Waals surface area contributed by atoms with Crippen LogP contribution in [0.25, 0.3) is 0 Å². The highest BCUT2D eigenvalue weighted by Gasteiger charge is 2.16. The van der Waals surface area contributed by atoms with Crippen LogP contribution in [0.5, 0.6) is 0 Å². The second kappa shape index (κ2) is 6.36. The first-order valence-electron chi connectivity index (χ1n) is 5.25. The summed E-state index contributed by atoms with van der Waals surface area (Å²) >= 11 is 11.7. The summed E-state index contributed by atoms with van der Waals surface area (Å²) in [7, 11) is 1.78. The lowest BCUT2D eigenvalue weighted by molar-refractivity contribution is 0.0890. The minimum Gasteiger partial charge on any atom is -0.395 e. The van der Waals surface area contributed by atoms with Crippen molar-refractivity contribution in [1.29, 1.82) is 0 Å². The maximum Gasteiger partial charge on any atom is 0.178 e. The molecule has 0 saturated heterocycles. The van der Waals surface area contributed by atoms with E-state index in [4.69, 9.17) is 28.3 Å². The molecule has 0 amide bonds. The lowest BCUT2D eigenvalue weighted by Gasteiger charge is -2.21. The first-order chi connectivity index (χ1) is 7.95. The Bertz CT molecular complexity index is 409. The number of carbonyl (C=O) groups excluding carboxylic acids is 1. The van der Waals surface area contributed by atoms with Gasteiger partial charge in [-0.3, -0.25) is 9.69 Å². The Morgan fingerprint density at radius 1 is 1.47 bits per heavy atom. The van der Waals surface area contributed by atoms with Crippen molar-refractivity contribution >= 4 is 29.0 Å². The molecule has 5 heteroatoms. The van der Waals surface area contributed by atoms with Crippen molar-refractivity contribution < 1.29 is 9.90 Å². The summed E-state index contributed by atoms with van der Waals surface area (Å²) in [6, 6.07) is 4.73. The molecule has 0 aliphatic rings. The van der Waals surface area contributed by atoms with Crippen LogP contribution in [0, 0.1) is 0 Å². The van der Waals surface area contributed by atoms with E-state index in [2.05, 4.69) is 0 Å². The number of likely N-dealkylation sites (N-methyl/N-ethyl adjacent to an activating group) is 1. The number of ketones is 1. The zero-order valence-electron chi connectivity index (χ0n) is 9.78. The molecule has 0 aliphatic heterocycles. The number of benzene rings is 1. The largest absolute Gasteiger partial charge is 0.395 e. The minimum absolute atomic E-state index is 0.0120. The standard InChI is InChI=1S/C12H15Cl2NO2/c1-8(7-16)15(2)6-12(17)10-4-3-9(13)5-11(10)14/h3-5,8,16H,6-7H2,1-2H3. The molecule has 94 valence electrons. The summed E-state index contributed by atoms with van der Waals surface area (Å²) in [5.41, 5.74) is 0.452. The van der Waals surface area contributed by atoms with Gasteiger partial charge in [0.2, 0.25) is 0 Å². The van der Waals surface area contributed by atoms with Gasteiger partial charge < -0.3 is 5.11 Å². The van der Waals surface area contributed by atoms with E-state index in [1.54, 1.807) is 30.1 Å². The topological polar surface area (TPSA) is 40.5 Å². The van der Waals surface area contributed by atoms with Crippen LogP contribution >= 0.6 is 23.2 Å². The van der Waals surface area contributed by atoms with Crippen LogP contribution < -0.4 is 0 Å². The minimum atomic E-state index is -0.0885. The highest BCUT2D eigenvalue weighted by atomic mass is 35.5. The Labute approximate surface area is 111 Å². The number of halogens is 2. The number of aliphatic hydroxyl groups is 1. The summed E-state index contributed by atoms with van der Waals surface area (Å²) in [6.45, 7) is 2.07. The zero-order chi connectivity index (χ0) is 13.0. The highest BCUT2D eigenvalue weighted by Crippen LogP contribution is 2.21. The molecular formula is C12H15Cl2NO2. The van der Waals surface area contributed by atoms with Crippen LogP contribution in [-0.2, 0) is 0 Å². The van der Waals surface area contributed by atoms with E-state index >= 15 is 0 Å². The molecule has 0 heterocycles. The van der Waals surface area contributed by atoms with Gasteiger partial charge >= 0.3 is 0 Å². The van der Waals surface area contributed by atoms with Crippen LogP contribution in [0.2, 0.25) is 10.0 Å². The van der Waals surface area contributed by atoms with Gasteiger partial charge in [-0.05, 0) is 32.2 Å². The lowest BCUT2D eigenvalue weighted by Crippen LogP contribution is -2.36. The molecule has 3 nitrogen and oxygen atoms in total. The van der Waals surface area contributed by atoms with Crippen LogP contribution in [0.15, 0.2) is 18.2 Å². The fraction of sp³-hybridized carbons (Fsp3) is 0.417. The smallest absolute Gasteiger partial charge is 0.178 e. The molecule has 0 bridgehead atoms. The number of aliphatic hydroxyl groups excluding tert-OH is 1. The van der Waals surface area contributed by atoms with Gasteiger partial charge in [0.15, 0.2) is 5.78 Å². The molecular weight excluding hydrogens is 261 g/mol. The number of nitrogens with zero attached hydrogens (tertiary/aromatic N) is 1. The lowest BCUT2D eigenvalue weighted by atomic mass is 10.1. The Hall–Kier alpha value is -0.610. The monoisotopic (exact) mass is 275 g/mol. The predicted octanol–water partition coefficient (Wildman–Crippen LogP) is 2.49. The van der Waals surface area contributed by atoms with Crippen LogP contribution in [0.1, 0.15) is 17.3 Å². The van der Waals surface area contributed by atoms with E-state index in [1.165, 1.54) is 0 Å². The third-order valence-corrected chi connectivity index (χ3v) is 3.19. The van der Waals surface area contributed by atoms with Gasteiger partial charge in [-0.1, -0.05) is 23.2 Å². The zero-order valence-corrected chi connectivity index (χ0v) is 11.3. The van der Waals surface area contributed by atoms with Gasteiger partial charge in [-0.25, -0.2) is 0 Å². The normalized spacial score (nSPS) is 12.8. The van der Waals surface area contributed by atoms with Crippen molar-refractivity contribution in [2.75, 3.05) is 20.2 Å². The summed E-state index contributed by atoms with van der Waals surface area (Å²) in [6.07, 6.45) is 0. The molecule has 1 aromatic rings. The van der Waals surface area contributed by atoms with E-state index in [9.17, 15) is 4.79 Å². The van der Waals surface area contributed by atoms with Gasteiger partial charge in [0.1, 0.15) is 0 Å². The molecule has 1 rings (SSSR count). The summed E-state index contributed by atoms with van der Waals surface area (Å²) in [4.78, 5) is 13.7. The van der Waals surface area contributed by atoms with Crippen LogP contribution in [-0.4, -0.2) is 42.0 Å². The molecule has 17 heavy (non-hydrogen) atoms. The Morgan fingerprint density at radius 3 is 2.65 bits per heavy atom. The highest BCUT2D eigenvalue weighted by molar-refractivity contribution is 6.36. The van der Waals surface area contributed by atoms with Gasteiger partial charge in [-0.2, -0.15) is 0 Å². The number of Topliss-reactive ketones (excluding diaryl/α,β-unsaturated/α-hetero) is 1. The fourth-order valence-corrected chi connectivity index (χ4v) is 1.84.